The summed E-state index contributed by atoms with van der Waals surface area (Å²) >= 11 is 1.59. The lowest BCUT2D eigenvalue weighted by Gasteiger charge is -2.32. The number of ether oxygens (including phenoxy) is 1. The molecule has 5 rings (SSSR count). The number of fused-ring (bicyclic) bond motifs is 1. The molecule has 7 heteroatoms. The van der Waals surface area contributed by atoms with E-state index in [2.05, 4.69) is 17.4 Å². The number of nitrogens with zero attached hydrogens (tertiary/aromatic N) is 3. The van der Waals surface area contributed by atoms with E-state index in [9.17, 15) is 4.79 Å². The van der Waals surface area contributed by atoms with Crippen LogP contribution in [0, 0.1) is 0 Å². The summed E-state index contributed by atoms with van der Waals surface area (Å²) in [5.41, 5.74) is 3.89. The number of anilines is 1. The van der Waals surface area contributed by atoms with Gasteiger partial charge in [-0.25, -0.2) is 4.68 Å². The molecule has 1 aliphatic heterocycles. The second kappa shape index (κ2) is 7.99. The van der Waals surface area contributed by atoms with Gasteiger partial charge in [0.15, 0.2) is 5.78 Å². The SMILES string of the molecule is COc1ccccc1[C@@H]1C2=C(CCCC2=O)Nc2nc(SCc3ccccc3)nn21. The zero-order valence-electron chi connectivity index (χ0n) is 16.7. The Morgan fingerprint density at radius 1 is 1.13 bits per heavy atom. The Balaban J connectivity index is 1.55. The molecule has 1 N–H and O–H groups in total. The number of hydrogen-bond donors (Lipinski definition) is 1. The van der Waals surface area contributed by atoms with Crippen LogP contribution >= 0.6 is 11.8 Å². The van der Waals surface area contributed by atoms with Crippen molar-refractivity contribution in [3.8, 4) is 5.75 Å². The first-order valence-electron chi connectivity index (χ1n) is 10.0. The molecule has 2 heterocycles. The molecule has 0 bridgehead atoms. The molecule has 2 aliphatic rings. The normalized spacial score (nSPS) is 17.9. The van der Waals surface area contributed by atoms with E-state index in [0.29, 0.717) is 17.5 Å². The number of hydrogen-bond acceptors (Lipinski definition) is 6. The molecule has 1 aliphatic carbocycles. The van der Waals surface area contributed by atoms with E-state index in [4.69, 9.17) is 14.8 Å². The van der Waals surface area contributed by atoms with Gasteiger partial charge in [-0.2, -0.15) is 4.98 Å². The first kappa shape index (κ1) is 18.9. The highest BCUT2D eigenvalue weighted by Gasteiger charge is 2.38. The molecule has 30 heavy (non-hydrogen) atoms. The Bertz CT molecular complexity index is 1120. The topological polar surface area (TPSA) is 69.0 Å². The molecule has 0 saturated heterocycles. The van der Waals surface area contributed by atoms with Crippen molar-refractivity contribution in [1.29, 1.82) is 0 Å². The number of aromatic nitrogens is 3. The molecule has 6 nitrogen and oxygen atoms in total. The van der Waals surface area contributed by atoms with Crippen LogP contribution in [0.25, 0.3) is 0 Å². The first-order valence-corrected chi connectivity index (χ1v) is 11.0. The van der Waals surface area contributed by atoms with Gasteiger partial charge in [0.05, 0.1) is 7.11 Å². The highest BCUT2D eigenvalue weighted by molar-refractivity contribution is 7.98. The summed E-state index contributed by atoms with van der Waals surface area (Å²) < 4.78 is 7.46. The van der Waals surface area contributed by atoms with Gasteiger partial charge in [0.1, 0.15) is 11.8 Å². The minimum atomic E-state index is -0.334. The van der Waals surface area contributed by atoms with Gasteiger partial charge in [-0.3, -0.25) is 4.79 Å². The molecule has 3 aromatic rings. The number of methoxy groups -OCH3 is 1. The fourth-order valence-electron chi connectivity index (χ4n) is 4.10. The summed E-state index contributed by atoms with van der Waals surface area (Å²) in [6.07, 6.45) is 2.25. The van der Waals surface area contributed by atoms with E-state index in [1.807, 2.05) is 47.1 Å². The maximum atomic E-state index is 12.9. The number of benzene rings is 2. The van der Waals surface area contributed by atoms with Gasteiger partial charge in [-0.05, 0) is 24.5 Å². The number of ketones is 1. The third-order valence-electron chi connectivity index (χ3n) is 5.49. The van der Waals surface area contributed by atoms with Crippen LogP contribution in [0.2, 0.25) is 0 Å². The number of thioether (sulfide) groups is 1. The third-order valence-corrected chi connectivity index (χ3v) is 6.40. The molecule has 0 spiro atoms. The van der Waals surface area contributed by atoms with Gasteiger partial charge >= 0.3 is 0 Å². The van der Waals surface area contributed by atoms with Crippen molar-refractivity contribution in [1.82, 2.24) is 14.8 Å². The maximum absolute atomic E-state index is 12.9. The largest absolute Gasteiger partial charge is 0.496 e. The van der Waals surface area contributed by atoms with Crippen LogP contribution in [0.4, 0.5) is 5.95 Å². The number of allylic oxidation sites excluding steroid dienone is 2. The smallest absolute Gasteiger partial charge is 0.227 e. The summed E-state index contributed by atoms with van der Waals surface area (Å²) in [4.78, 5) is 17.7. The number of nitrogens with one attached hydrogen (secondary N) is 1. The van der Waals surface area contributed by atoms with Crippen LogP contribution in [0.3, 0.4) is 0 Å². The van der Waals surface area contributed by atoms with Crippen molar-refractivity contribution in [2.45, 2.75) is 36.2 Å². The summed E-state index contributed by atoms with van der Waals surface area (Å²) in [6, 6.07) is 17.8. The van der Waals surface area contributed by atoms with Crippen molar-refractivity contribution in [2.75, 3.05) is 12.4 Å². The molecule has 152 valence electrons. The lowest BCUT2D eigenvalue weighted by atomic mass is 9.85. The summed E-state index contributed by atoms with van der Waals surface area (Å²) in [5, 5.41) is 8.86. The van der Waals surface area contributed by atoms with Crippen LogP contribution in [0.5, 0.6) is 5.75 Å². The molecule has 0 saturated carbocycles. The Kier molecular flexibility index (Phi) is 5.04. The maximum Gasteiger partial charge on any atom is 0.227 e. The van der Waals surface area contributed by atoms with Gasteiger partial charge in [-0.15, -0.1) is 5.10 Å². The molecular formula is C23H22N4O2S. The zero-order chi connectivity index (χ0) is 20.5. The van der Waals surface area contributed by atoms with Crippen LogP contribution < -0.4 is 10.1 Å². The highest BCUT2D eigenvalue weighted by Crippen LogP contribution is 2.43. The van der Waals surface area contributed by atoms with E-state index in [1.54, 1.807) is 18.9 Å². The monoisotopic (exact) mass is 418 g/mol. The minimum absolute atomic E-state index is 0.166. The van der Waals surface area contributed by atoms with Crippen molar-refractivity contribution in [2.24, 2.45) is 0 Å². The van der Waals surface area contributed by atoms with Crippen LogP contribution in [-0.4, -0.2) is 27.7 Å². The number of carbonyl (C=O) groups is 1. The second-order valence-corrected chi connectivity index (χ2v) is 8.32. The average Bonchev–Trinajstić information content (AvgIpc) is 3.20. The predicted octanol–water partition coefficient (Wildman–Crippen LogP) is 4.60. The minimum Gasteiger partial charge on any atom is -0.496 e. The number of Topliss-reactive ketones (excluding diaryl/α,β-unsaturated/α-hetero) is 1. The summed E-state index contributed by atoms with van der Waals surface area (Å²) in [6.45, 7) is 0. The van der Waals surface area contributed by atoms with Gasteiger partial charge < -0.3 is 10.1 Å². The van der Waals surface area contributed by atoms with E-state index in [0.717, 1.165) is 41.2 Å². The predicted molar refractivity (Wildman–Crippen MR) is 117 cm³/mol. The van der Waals surface area contributed by atoms with Crippen molar-refractivity contribution < 1.29 is 9.53 Å². The molecule has 0 unspecified atom stereocenters. The summed E-state index contributed by atoms with van der Waals surface area (Å²) in [5.74, 6) is 2.37. The molecule has 2 aromatic carbocycles. The van der Waals surface area contributed by atoms with Gasteiger partial charge in [0.2, 0.25) is 11.1 Å². The van der Waals surface area contributed by atoms with E-state index in [1.165, 1.54) is 5.56 Å². The number of para-hydroxylation sites is 1. The van der Waals surface area contributed by atoms with E-state index >= 15 is 0 Å². The Morgan fingerprint density at radius 2 is 1.93 bits per heavy atom. The molecule has 0 amide bonds. The quantitative estimate of drug-likeness (QED) is 0.611. The van der Waals surface area contributed by atoms with Gasteiger partial charge in [0.25, 0.3) is 0 Å². The fourth-order valence-corrected chi connectivity index (χ4v) is 4.88. The van der Waals surface area contributed by atoms with Crippen LogP contribution in [0.15, 0.2) is 71.0 Å². The Morgan fingerprint density at radius 3 is 2.77 bits per heavy atom. The van der Waals surface area contributed by atoms with Crippen LogP contribution in [0.1, 0.15) is 36.4 Å². The second-order valence-electron chi connectivity index (χ2n) is 7.38. The van der Waals surface area contributed by atoms with E-state index in [-0.39, 0.29) is 11.8 Å². The first-order chi connectivity index (χ1) is 14.7. The molecular weight excluding hydrogens is 396 g/mol. The fraction of sp³-hybridized carbons (Fsp3) is 0.261. The average molecular weight is 419 g/mol. The standard InChI is InChI=1S/C23H22N4O2S/c1-29-19-13-6-5-10-16(19)21-20-17(11-7-12-18(20)28)24-22-25-23(26-27(21)22)30-14-15-8-3-2-4-9-15/h2-6,8-10,13,21H,7,11-12,14H2,1H3,(H,24,25,26)/t21-/m1/s1. The number of carbonyl (C=O) groups excluding carboxylic acids is 1. The zero-order valence-corrected chi connectivity index (χ0v) is 17.5. The Hall–Kier alpha value is -3.06. The summed E-state index contributed by atoms with van der Waals surface area (Å²) in [7, 11) is 1.65. The molecule has 0 fully saturated rings. The van der Waals surface area contributed by atoms with Crippen molar-refractivity contribution in [3.63, 3.8) is 0 Å². The molecule has 1 aromatic heterocycles. The lowest BCUT2D eigenvalue weighted by molar-refractivity contribution is -0.116. The molecule has 0 radical (unpaired) electrons. The van der Waals surface area contributed by atoms with E-state index < -0.39 is 0 Å². The highest BCUT2D eigenvalue weighted by atomic mass is 32.2. The van der Waals surface area contributed by atoms with Gasteiger partial charge in [-0.1, -0.05) is 60.3 Å². The van der Waals surface area contributed by atoms with Crippen molar-refractivity contribution in [3.05, 3.63) is 77.0 Å². The lowest BCUT2D eigenvalue weighted by Crippen LogP contribution is -2.31. The number of rotatable bonds is 5. The van der Waals surface area contributed by atoms with Crippen molar-refractivity contribution >= 4 is 23.5 Å². The molecule has 1 atom stereocenters. The Labute approximate surface area is 179 Å². The third kappa shape index (κ3) is 3.39. The van der Waals surface area contributed by atoms with Crippen LogP contribution in [-0.2, 0) is 10.5 Å². The van der Waals surface area contributed by atoms with Gasteiger partial charge in [0, 0.05) is 29.0 Å².